The lowest BCUT2D eigenvalue weighted by Crippen LogP contribution is -2.41. The zero-order valence-electron chi connectivity index (χ0n) is 16.0. The molecule has 0 saturated heterocycles. The molecule has 2 amide bonds. The Morgan fingerprint density at radius 3 is 2.62 bits per heavy atom. The first-order valence-corrected chi connectivity index (χ1v) is 11.3. The largest absolute Gasteiger partial charge is 0.325 e. The molecule has 7 nitrogen and oxygen atoms in total. The van der Waals surface area contributed by atoms with Gasteiger partial charge in [0.25, 0.3) is 0 Å². The Balaban J connectivity index is 1.55. The summed E-state index contributed by atoms with van der Waals surface area (Å²) in [6.45, 7) is -0.136. The first-order valence-electron chi connectivity index (χ1n) is 9.41. The zero-order valence-corrected chi connectivity index (χ0v) is 16.8. The predicted octanol–water partition coefficient (Wildman–Crippen LogP) is 2.95. The maximum Gasteiger partial charge on any atom is 0.244 e. The zero-order chi connectivity index (χ0) is 20.6. The minimum absolute atomic E-state index is 0.103. The molecule has 1 unspecified atom stereocenters. The SMILES string of the molecule is CS(=O)(=O)c1ccc(NC(=O)CN2C(=O)C3CCCC3=Nc3ccccc32)cc1. The monoisotopic (exact) mass is 411 g/mol. The van der Waals surface area contributed by atoms with Gasteiger partial charge in [-0.25, -0.2) is 8.42 Å². The average molecular weight is 411 g/mol. The van der Waals surface area contributed by atoms with E-state index in [0.717, 1.165) is 31.2 Å². The number of amides is 2. The van der Waals surface area contributed by atoms with Crippen LogP contribution in [0.25, 0.3) is 0 Å². The number of carbonyl (C=O) groups is 2. The van der Waals surface area contributed by atoms with Gasteiger partial charge in [0.05, 0.1) is 22.2 Å². The molecule has 1 saturated carbocycles. The lowest BCUT2D eigenvalue weighted by molar-refractivity contribution is -0.122. The highest BCUT2D eigenvalue weighted by atomic mass is 32.2. The minimum atomic E-state index is -3.30. The number of nitrogens with one attached hydrogen (secondary N) is 1. The molecule has 1 fully saturated rings. The van der Waals surface area contributed by atoms with E-state index in [1.54, 1.807) is 6.07 Å². The van der Waals surface area contributed by atoms with E-state index in [1.165, 1.54) is 29.2 Å². The van der Waals surface area contributed by atoms with Crippen molar-refractivity contribution in [2.24, 2.45) is 10.9 Å². The summed E-state index contributed by atoms with van der Waals surface area (Å²) in [5.74, 6) is -0.736. The van der Waals surface area contributed by atoms with Gasteiger partial charge in [0.2, 0.25) is 11.8 Å². The number of benzene rings is 2. The Bertz CT molecular complexity index is 1110. The first kappa shape index (κ1) is 19.3. The molecular formula is C21H21N3O4S. The summed E-state index contributed by atoms with van der Waals surface area (Å²) < 4.78 is 23.1. The number of nitrogens with zero attached hydrogens (tertiary/aromatic N) is 2. The van der Waals surface area contributed by atoms with Crippen molar-refractivity contribution in [3.05, 3.63) is 48.5 Å². The summed E-state index contributed by atoms with van der Waals surface area (Å²) in [6.07, 6.45) is 3.60. The molecule has 8 heteroatoms. The van der Waals surface area contributed by atoms with Crippen molar-refractivity contribution in [2.75, 3.05) is 23.0 Å². The second-order valence-electron chi connectivity index (χ2n) is 7.31. The normalized spacial score (nSPS) is 18.5. The molecule has 1 aliphatic carbocycles. The van der Waals surface area contributed by atoms with Gasteiger partial charge in [-0.1, -0.05) is 12.1 Å². The fourth-order valence-electron chi connectivity index (χ4n) is 3.77. The molecule has 29 heavy (non-hydrogen) atoms. The molecule has 0 spiro atoms. The molecule has 0 aromatic heterocycles. The maximum atomic E-state index is 13.1. The molecule has 150 valence electrons. The lowest BCUT2D eigenvalue weighted by Gasteiger charge is -2.24. The summed E-state index contributed by atoms with van der Waals surface area (Å²) in [5, 5.41) is 2.73. The number of rotatable bonds is 4. The van der Waals surface area contributed by atoms with Gasteiger partial charge in [0.1, 0.15) is 6.54 Å². The van der Waals surface area contributed by atoms with E-state index < -0.39 is 9.84 Å². The molecule has 2 aromatic carbocycles. The smallest absolute Gasteiger partial charge is 0.244 e. The van der Waals surface area contributed by atoms with Crippen molar-refractivity contribution in [2.45, 2.75) is 24.2 Å². The lowest BCUT2D eigenvalue weighted by atomic mass is 10.1. The van der Waals surface area contributed by atoms with Crippen LogP contribution in [0.15, 0.2) is 58.4 Å². The van der Waals surface area contributed by atoms with E-state index in [4.69, 9.17) is 4.99 Å². The number of sulfone groups is 1. The van der Waals surface area contributed by atoms with Crippen LogP contribution in [0, 0.1) is 5.92 Å². The molecule has 2 aliphatic rings. The van der Waals surface area contributed by atoms with Crippen molar-refractivity contribution in [1.29, 1.82) is 0 Å². The average Bonchev–Trinajstić information content (AvgIpc) is 3.10. The van der Waals surface area contributed by atoms with Gasteiger partial charge >= 0.3 is 0 Å². The Hall–Kier alpha value is -3.00. The van der Waals surface area contributed by atoms with Crippen LogP contribution in [-0.2, 0) is 19.4 Å². The first-order chi connectivity index (χ1) is 13.8. The third-order valence-electron chi connectivity index (χ3n) is 5.20. The van der Waals surface area contributed by atoms with Crippen LogP contribution < -0.4 is 10.2 Å². The van der Waals surface area contributed by atoms with Crippen LogP contribution in [0.2, 0.25) is 0 Å². The molecule has 0 bridgehead atoms. The molecular weight excluding hydrogens is 390 g/mol. The molecule has 0 radical (unpaired) electrons. The highest BCUT2D eigenvalue weighted by Gasteiger charge is 2.37. The van der Waals surface area contributed by atoms with Crippen LogP contribution in [0.4, 0.5) is 17.1 Å². The van der Waals surface area contributed by atoms with E-state index in [9.17, 15) is 18.0 Å². The van der Waals surface area contributed by atoms with Crippen molar-refractivity contribution < 1.29 is 18.0 Å². The fraction of sp³-hybridized carbons (Fsp3) is 0.286. The van der Waals surface area contributed by atoms with Gasteiger partial charge in [-0.05, 0) is 55.7 Å². The van der Waals surface area contributed by atoms with Crippen LogP contribution in [0.1, 0.15) is 19.3 Å². The maximum absolute atomic E-state index is 13.1. The van der Waals surface area contributed by atoms with Gasteiger partial charge in [0, 0.05) is 17.7 Å². The number of hydrogen-bond donors (Lipinski definition) is 1. The summed E-state index contributed by atoms with van der Waals surface area (Å²) >= 11 is 0. The minimum Gasteiger partial charge on any atom is -0.325 e. The summed E-state index contributed by atoms with van der Waals surface area (Å²) in [6, 6.07) is 13.3. The van der Waals surface area contributed by atoms with Crippen LogP contribution in [-0.4, -0.2) is 38.7 Å². The standard InChI is InChI=1S/C21H21N3O4S/c1-29(27,28)15-11-9-14(10-12-15)22-20(25)13-24-19-8-3-2-6-18(19)23-17-7-4-5-16(17)21(24)26/h2-3,6,8-12,16H,4-5,7,13H2,1H3,(H,22,25). The predicted molar refractivity (Wildman–Crippen MR) is 111 cm³/mol. The summed E-state index contributed by atoms with van der Waals surface area (Å²) in [5.41, 5.74) is 2.69. The Morgan fingerprint density at radius 2 is 1.90 bits per heavy atom. The second kappa shape index (κ2) is 7.44. The Morgan fingerprint density at radius 1 is 1.17 bits per heavy atom. The van der Waals surface area contributed by atoms with Gasteiger partial charge in [-0.2, -0.15) is 0 Å². The van der Waals surface area contributed by atoms with E-state index >= 15 is 0 Å². The molecule has 4 rings (SSSR count). The van der Waals surface area contributed by atoms with Gasteiger partial charge in [-0.3, -0.25) is 14.6 Å². The molecule has 1 aliphatic heterocycles. The number of para-hydroxylation sites is 2. The van der Waals surface area contributed by atoms with Crippen LogP contribution in [0.3, 0.4) is 0 Å². The van der Waals surface area contributed by atoms with Crippen molar-refractivity contribution >= 4 is 44.4 Å². The van der Waals surface area contributed by atoms with E-state index in [-0.39, 0.29) is 29.2 Å². The Kier molecular flexibility index (Phi) is 4.96. The number of fused-ring (bicyclic) bond motifs is 2. The highest BCUT2D eigenvalue weighted by Crippen LogP contribution is 2.37. The van der Waals surface area contributed by atoms with Crippen molar-refractivity contribution in [3.63, 3.8) is 0 Å². The number of hydrogen-bond acceptors (Lipinski definition) is 5. The molecule has 1 heterocycles. The quantitative estimate of drug-likeness (QED) is 0.837. The molecule has 1 N–H and O–H groups in total. The highest BCUT2D eigenvalue weighted by molar-refractivity contribution is 7.90. The van der Waals surface area contributed by atoms with E-state index in [1.807, 2.05) is 18.2 Å². The molecule has 1 atom stereocenters. The third kappa shape index (κ3) is 3.93. The number of anilines is 2. The number of aliphatic imine (C=N–C) groups is 1. The molecule has 2 aromatic rings. The Labute approximate surface area is 169 Å². The summed E-state index contributed by atoms with van der Waals surface area (Å²) in [7, 11) is -3.30. The second-order valence-corrected chi connectivity index (χ2v) is 9.32. The van der Waals surface area contributed by atoms with Gasteiger partial charge < -0.3 is 10.2 Å². The van der Waals surface area contributed by atoms with Crippen molar-refractivity contribution in [3.8, 4) is 0 Å². The number of carbonyl (C=O) groups excluding carboxylic acids is 2. The summed E-state index contributed by atoms with van der Waals surface area (Å²) in [4.78, 5) is 32.2. The van der Waals surface area contributed by atoms with E-state index in [0.29, 0.717) is 17.1 Å². The third-order valence-corrected chi connectivity index (χ3v) is 6.33. The van der Waals surface area contributed by atoms with Crippen LogP contribution in [0.5, 0.6) is 0 Å². The topological polar surface area (TPSA) is 95.9 Å². The fourth-order valence-corrected chi connectivity index (χ4v) is 4.40. The van der Waals surface area contributed by atoms with Gasteiger partial charge in [-0.15, -0.1) is 0 Å². The van der Waals surface area contributed by atoms with Crippen molar-refractivity contribution in [1.82, 2.24) is 0 Å². The van der Waals surface area contributed by atoms with Gasteiger partial charge in [0.15, 0.2) is 9.84 Å². The van der Waals surface area contributed by atoms with E-state index in [2.05, 4.69) is 5.32 Å². The van der Waals surface area contributed by atoms with Crippen LogP contribution >= 0.6 is 0 Å².